The molecule has 0 aliphatic heterocycles. The van der Waals surface area contributed by atoms with Crippen molar-refractivity contribution in [2.45, 2.75) is 26.4 Å². The Kier molecular flexibility index (Phi) is 9.52. The Bertz CT molecular complexity index is 696. The third-order valence-electron chi connectivity index (χ3n) is 4.18. The average Bonchev–Trinajstić information content (AvgIpc) is 2.97. The third-order valence-corrected chi connectivity index (χ3v) is 5.00. The lowest BCUT2D eigenvalue weighted by molar-refractivity contribution is 0.295. The molecule has 0 fully saturated rings. The van der Waals surface area contributed by atoms with Gasteiger partial charge in [-0.05, 0) is 33.5 Å². The Morgan fingerprint density at radius 2 is 1.85 bits per heavy atom. The van der Waals surface area contributed by atoms with Crippen molar-refractivity contribution in [2.24, 2.45) is 4.99 Å². The van der Waals surface area contributed by atoms with Gasteiger partial charge in [0.25, 0.3) is 0 Å². The minimum Gasteiger partial charge on any atom is -0.354 e. The fourth-order valence-corrected chi connectivity index (χ4v) is 3.36. The standard InChI is InChI=1S/C19H29N5S.HI/c1-14-7-9-16(10-8-14)18(23(4)5)11-21-19(20-3)24(6)12-17-13-25-15(2)22-17;/h7-10,13,18H,11-12H2,1-6H3,(H,20,21);1H. The number of hydrogen-bond donors (Lipinski definition) is 1. The molecule has 1 atom stereocenters. The molecule has 0 saturated carbocycles. The minimum atomic E-state index is 0. The summed E-state index contributed by atoms with van der Waals surface area (Å²) in [6.45, 7) is 5.69. The van der Waals surface area contributed by atoms with Crippen LogP contribution in [0, 0.1) is 13.8 Å². The van der Waals surface area contributed by atoms with Crippen molar-refractivity contribution < 1.29 is 0 Å². The van der Waals surface area contributed by atoms with E-state index in [-0.39, 0.29) is 30.0 Å². The van der Waals surface area contributed by atoms with Gasteiger partial charge in [-0.25, -0.2) is 4.98 Å². The first-order valence-corrected chi connectivity index (χ1v) is 9.34. The van der Waals surface area contributed by atoms with Crippen LogP contribution in [0.1, 0.15) is 27.9 Å². The van der Waals surface area contributed by atoms with E-state index in [2.05, 4.69) is 75.8 Å². The number of aromatic nitrogens is 1. The van der Waals surface area contributed by atoms with Gasteiger partial charge in [-0.2, -0.15) is 0 Å². The van der Waals surface area contributed by atoms with Crippen molar-refractivity contribution in [2.75, 3.05) is 34.7 Å². The van der Waals surface area contributed by atoms with Gasteiger partial charge in [0.15, 0.2) is 5.96 Å². The average molecular weight is 487 g/mol. The summed E-state index contributed by atoms with van der Waals surface area (Å²) in [7, 11) is 8.08. The van der Waals surface area contributed by atoms with Gasteiger partial charge in [0.2, 0.25) is 0 Å². The van der Waals surface area contributed by atoms with Crippen LogP contribution in [0.25, 0.3) is 0 Å². The molecule has 144 valence electrons. The highest BCUT2D eigenvalue weighted by molar-refractivity contribution is 14.0. The predicted molar refractivity (Wildman–Crippen MR) is 123 cm³/mol. The van der Waals surface area contributed by atoms with Gasteiger partial charge in [0, 0.05) is 26.0 Å². The number of likely N-dealkylation sites (N-methyl/N-ethyl adjacent to an activating group) is 1. The van der Waals surface area contributed by atoms with E-state index in [0.717, 1.165) is 29.8 Å². The number of aliphatic imine (C=N–C) groups is 1. The molecule has 7 heteroatoms. The van der Waals surface area contributed by atoms with E-state index in [1.54, 1.807) is 11.3 Å². The molecule has 5 nitrogen and oxygen atoms in total. The molecule has 26 heavy (non-hydrogen) atoms. The van der Waals surface area contributed by atoms with Crippen molar-refractivity contribution in [3.8, 4) is 0 Å². The molecule has 0 aliphatic carbocycles. The molecule has 1 unspecified atom stereocenters. The van der Waals surface area contributed by atoms with Crippen LogP contribution in [0.2, 0.25) is 0 Å². The van der Waals surface area contributed by atoms with Crippen LogP contribution in [-0.2, 0) is 6.54 Å². The maximum absolute atomic E-state index is 4.53. The monoisotopic (exact) mass is 487 g/mol. The lowest BCUT2D eigenvalue weighted by atomic mass is 10.0. The fraction of sp³-hybridized carbons (Fsp3) is 0.474. The Balaban J connectivity index is 0.00000338. The molecule has 0 amide bonds. The van der Waals surface area contributed by atoms with Crippen LogP contribution < -0.4 is 5.32 Å². The summed E-state index contributed by atoms with van der Waals surface area (Å²) in [6, 6.07) is 9.01. The molecule has 0 aliphatic rings. The van der Waals surface area contributed by atoms with Gasteiger partial charge in [-0.1, -0.05) is 29.8 Å². The van der Waals surface area contributed by atoms with Gasteiger partial charge >= 0.3 is 0 Å². The number of thiazole rings is 1. The lowest BCUT2D eigenvalue weighted by Crippen LogP contribution is -2.42. The summed E-state index contributed by atoms with van der Waals surface area (Å²) in [5.74, 6) is 0.879. The molecule has 1 N–H and O–H groups in total. The highest BCUT2D eigenvalue weighted by Crippen LogP contribution is 2.18. The molecular formula is C19H30IN5S. The van der Waals surface area contributed by atoms with Crippen LogP contribution in [0.3, 0.4) is 0 Å². The van der Waals surface area contributed by atoms with E-state index < -0.39 is 0 Å². The van der Waals surface area contributed by atoms with Crippen molar-refractivity contribution in [3.05, 3.63) is 51.5 Å². The molecule has 1 aromatic heterocycles. The molecule has 0 spiro atoms. The largest absolute Gasteiger partial charge is 0.354 e. The van der Waals surface area contributed by atoms with Crippen molar-refractivity contribution in [1.29, 1.82) is 0 Å². The van der Waals surface area contributed by atoms with E-state index in [1.807, 2.05) is 21.0 Å². The normalized spacial score (nSPS) is 12.7. The second-order valence-corrected chi connectivity index (χ2v) is 7.59. The Morgan fingerprint density at radius 3 is 2.35 bits per heavy atom. The van der Waals surface area contributed by atoms with E-state index in [1.165, 1.54) is 11.1 Å². The first kappa shape index (κ1) is 22.9. The topological polar surface area (TPSA) is 43.8 Å². The van der Waals surface area contributed by atoms with Crippen LogP contribution in [0.4, 0.5) is 0 Å². The van der Waals surface area contributed by atoms with E-state index in [4.69, 9.17) is 0 Å². The summed E-state index contributed by atoms with van der Waals surface area (Å²) in [4.78, 5) is 13.3. The zero-order valence-corrected chi connectivity index (χ0v) is 19.6. The molecule has 1 heterocycles. The van der Waals surface area contributed by atoms with Crippen LogP contribution in [-0.4, -0.2) is 55.5 Å². The first-order chi connectivity index (χ1) is 11.9. The minimum absolute atomic E-state index is 0. The maximum Gasteiger partial charge on any atom is 0.193 e. The molecular weight excluding hydrogens is 457 g/mol. The number of guanidine groups is 1. The summed E-state index contributed by atoms with van der Waals surface area (Å²) in [5.41, 5.74) is 3.66. The van der Waals surface area contributed by atoms with Gasteiger partial charge in [0.05, 0.1) is 23.3 Å². The number of hydrogen-bond acceptors (Lipinski definition) is 4. The molecule has 2 aromatic rings. The van der Waals surface area contributed by atoms with Crippen LogP contribution in [0.5, 0.6) is 0 Å². The van der Waals surface area contributed by atoms with Gasteiger partial charge in [0.1, 0.15) is 0 Å². The van der Waals surface area contributed by atoms with E-state index in [9.17, 15) is 0 Å². The molecule has 0 bridgehead atoms. The maximum atomic E-state index is 4.53. The van der Waals surface area contributed by atoms with Crippen molar-refractivity contribution in [3.63, 3.8) is 0 Å². The number of halogens is 1. The zero-order valence-electron chi connectivity index (χ0n) is 16.5. The van der Waals surface area contributed by atoms with E-state index in [0.29, 0.717) is 0 Å². The summed E-state index contributed by atoms with van der Waals surface area (Å²) in [6.07, 6.45) is 0. The highest BCUT2D eigenvalue weighted by atomic mass is 127. The van der Waals surface area contributed by atoms with Crippen LogP contribution >= 0.6 is 35.3 Å². The quantitative estimate of drug-likeness (QED) is 0.384. The number of rotatable bonds is 6. The van der Waals surface area contributed by atoms with Crippen molar-refractivity contribution in [1.82, 2.24) is 20.1 Å². The number of benzene rings is 1. The predicted octanol–water partition coefficient (Wildman–Crippen LogP) is 3.69. The summed E-state index contributed by atoms with van der Waals surface area (Å²) >= 11 is 1.68. The Morgan fingerprint density at radius 1 is 1.19 bits per heavy atom. The zero-order chi connectivity index (χ0) is 18.4. The number of aryl methyl sites for hydroxylation is 2. The third kappa shape index (κ3) is 6.51. The molecule has 1 aromatic carbocycles. The van der Waals surface area contributed by atoms with Gasteiger partial charge < -0.3 is 15.1 Å². The molecule has 2 rings (SSSR count). The summed E-state index contributed by atoms with van der Waals surface area (Å²) in [5, 5.41) is 6.70. The van der Waals surface area contributed by atoms with E-state index >= 15 is 0 Å². The Hall–Kier alpha value is -1.19. The number of nitrogens with one attached hydrogen (secondary N) is 1. The van der Waals surface area contributed by atoms with Crippen molar-refractivity contribution >= 4 is 41.3 Å². The van der Waals surface area contributed by atoms with Gasteiger partial charge in [-0.3, -0.25) is 4.99 Å². The second-order valence-electron chi connectivity index (χ2n) is 6.53. The van der Waals surface area contributed by atoms with Crippen LogP contribution in [0.15, 0.2) is 34.6 Å². The second kappa shape index (κ2) is 10.8. The molecule has 0 saturated heterocycles. The first-order valence-electron chi connectivity index (χ1n) is 8.46. The smallest absolute Gasteiger partial charge is 0.193 e. The fourth-order valence-electron chi connectivity index (χ4n) is 2.76. The number of nitrogens with zero attached hydrogens (tertiary/aromatic N) is 4. The lowest BCUT2D eigenvalue weighted by Gasteiger charge is -2.28. The SMILES string of the molecule is CN=C(NCC(c1ccc(C)cc1)N(C)C)N(C)Cc1csc(C)n1.I. The summed E-state index contributed by atoms with van der Waals surface area (Å²) < 4.78 is 0. The van der Waals surface area contributed by atoms with Gasteiger partial charge in [-0.15, -0.1) is 35.3 Å². The Labute approximate surface area is 178 Å². The molecule has 0 radical (unpaired) electrons. The highest BCUT2D eigenvalue weighted by Gasteiger charge is 2.16.